The van der Waals surface area contributed by atoms with E-state index in [9.17, 15) is 14.7 Å². The van der Waals surface area contributed by atoms with Gasteiger partial charge in [0.05, 0.1) is 17.2 Å². The van der Waals surface area contributed by atoms with E-state index in [0.717, 1.165) is 31.2 Å². The Kier molecular flexibility index (Phi) is 10.9. The first-order valence-electron chi connectivity index (χ1n) is 12.8. The van der Waals surface area contributed by atoms with E-state index < -0.39 is 23.7 Å². The molecule has 1 amide bonds. The van der Waals surface area contributed by atoms with Crippen molar-refractivity contribution in [3.8, 4) is 11.5 Å². The van der Waals surface area contributed by atoms with Gasteiger partial charge in [0, 0.05) is 6.42 Å². The van der Waals surface area contributed by atoms with E-state index in [4.69, 9.17) is 38.4 Å². The van der Waals surface area contributed by atoms with Crippen LogP contribution in [-0.2, 0) is 16.0 Å². The minimum Gasteiger partial charge on any atom is -0.505 e. The highest BCUT2D eigenvalue weighted by molar-refractivity contribution is 6.39. The number of ether oxygens (including phenoxy) is 2. The van der Waals surface area contributed by atoms with Gasteiger partial charge < -0.3 is 25.6 Å². The summed E-state index contributed by atoms with van der Waals surface area (Å²) in [6.07, 6.45) is 4.55. The summed E-state index contributed by atoms with van der Waals surface area (Å²) >= 11 is 12.6. The molecule has 2 aromatic carbocycles. The van der Waals surface area contributed by atoms with Crippen molar-refractivity contribution in [3.63, 3.8) is 0 Å². The summed E-state index contributed by atoms with van der Waals surface area (Å²) in [5, 5.41) is 13.3. The molecule has 1 aliphatic rings. The van der Waals surface area contributed by atoms with Crippen LogP contribution in [0.5, 0.6) is 11.5 Å². The Balaban J connectivity index is 1.80. The van der Waals surface area contributed by atoms with Crippen LogP contribution in [0.1, 0.15) is 61.9 Å². The van der Waals surface area contributed by atoms with Crippen LogP contribution in [0.3, 0.4) is 0 Å². The Morgan fingerprint density at radius 1 is 1.14 bits per heavy atom. The van der Waals surface area contributed by atoms with Crippen LogP contribution in [0.4, 0.5) is 0 Å². The number of nitrogens with one attached hydrogen (secondary N) is 1. The lowest BCUT2D eigenvalue weighted by molar-refractivity contribution is -0.159. The van der Waals surface area contributed by atoms with Crippen LogP contribution in [-0.4, -0.2) is 42.3 Å². The molecule has 7 nitrogen and oxygen atoms in total. The molecular formula is C28H36Cl2N2O5. The number of aromatic hydroxyl groups is 1. The predicted octanol–water partition coefficient (Wildman–Crippen LogP) is 5.53. The summed E-state index contributed by atoms with van der Waals surface area (Å²) in [7, 11) is 0. The van der Waals surface area contributed by atoms with Gasteiger partial charge in [-0.05, 0) is 55.7 Å². The van der Waals surface area contributed by atoms with Gasteiger partial charge in [0.1, 0.15) is 17.2 Å². The summed E-state index contributed by atoms with van der Waals surface area (Å²) < 4.78 is 11.6. The third-order valence-electron chi connectivity index (χ3n) is 6.81. The lowest BCUT2D eigenvalue weighted by Crippen LogP contribution is -2.46. The largest absolute Gasteiger partial charge is 0.505 e. The molecule has 1 saturated carbocycles. The van der Waals surface area contributed by atoms with Crippen LogP contribution < -0.4 is 15.8 Å². The van der Waals surface area contributed by atoms with E-state index in [2.05, 4.69) is 19.2 Å². The fourth-order valence-corrected chi connectivity index (χ4v) is 5.26. The number of esters is 1. The van der Waals surface area contributed by atoms with Crippen molar-refractivity contribution in [3.05, 3.63) is 57.6 Å². The molecule has 3 rings (SSSR count). The highest BCUT2D eigenvalue weighted by Crippen LogP contribution is 2.42. The molecule has 4 N–H and O–H groups in total. The Morgan fingerprint density at radius 2 is 1.81 bits per heavy atom. The number of unbranched alkanes of at least 4 members (excludes halogenated alkanes) is 1. The fourth-order valence-electron chi connectivity index (χ4n) is 4.70. The second kappa shape index (κ2) is 13.9. The number of carbonyl (C=O) groups excluding carboxylic acids is 2. The molecule has 0 aromatic heterocycles. The van der Waals surface area contributed by atoms with Gasteiger partial charge in [0.25, 0.3) is 5.91 Å². The number of halogens is 2. The summed E-state index contributed by atoms with van der Waals surface area (Å²) in [6, 6.07) is 9.67. The number of carbonyl (C=O) groups is 2. The van der Waals surface area contributed by atoms with Gasteiger partial charge >= 0.3 is 5.97 Å². The first kappa shape index (κ1) is 29.1. The van der Waals surface area contributed by atoms with E-state index in [-0.39, 0.29) is 45.7 Å². The van der Waals surface area contributed by atoms with Crippen LogP contribution in [0, 0.1) is 11.8 Å². The number of benzene rings is 2. The Bertz CT molecular complexity index is 1060. The molecule has 37 heavy (non-hydrogen) atoms. The molecule has 1 aliphatic carbocycles. The molecule has 0 heterocycles. The zero-order valence-corrected chi connectivity index (χ0v) is 22.9. The number of phenols is 1. The molecule has 2 unspecified atom stereocenters. The van der Waals surface area contributed by atoms with E-state index in [1.807, 2.05) is 30.3 Å². The van der Waals surface area contributed by atoms with Gasteiger partial charge in [-0.2, -0.15) is 0 Å². The lowest BCUT2D eigenvalue weighted by atomic mass is 9.80. The zero-order chi connectivity index (χ0) is 26.9. The summed E-state index contributed by atoms with van der Waals surface area (Å²) in [5.41, 5.74) is 6.19. The Hall–Kier alpha value is -2.48. The fraction of sp³-hybridized carbons (Fsp3) is 0.500. The van der Waals surface area contributed by atoms with Gasteiger partial charge in [0.15, 0.2) is 11.5 Å². The summed E-state index contributed by atoms with van der Waals surface area (Å²) in [4.78, 5) is 26.6. The van der Waals surface area contributed by atoms with Crippen LogP contribution in [0.25, 0.3) is 0 Å². The molecule has 202 valence electrons. The summed E-state index contributed by atoms with van der Waals surface area (Å²) in [5.74, 6) is -1.12. The highest BCUT2D eigenvalue weighted by atomic mass is 35.5. The Morgan fingerprint density at radius 3 is 2.46 bits per heavy atom. The van der Waals surface area contributed by atoms with Crippen LogP contribution >= 0.6 is 23.2 Å². The molecule has 0 radical (unpaired) electrons. The maximum Gasteiger partial charge on any atom is 0.329 e. The quantitative estimate of drug-likeness (QED) is 0.250. The minimum atomic E-state index is -0.972. The number of hydrogen-bond acceptors (Lipinski definition) is 6. The van der Waals surface area contributed by atoms with Crippen molar-refractivity contribution in [2.24, 2.45) is 17.6 Å². The smallest absolute Gasteiger partial charge is 0.329 e. The van der Waals surface area contributed by atoms with E-state index >= 15 is 0 Å². The monoisotopic (exact) mass is 550 g/mol. The lowest BCUT2D eigenvalue weighted by Gasteiger charge is -2.35. The Labute approximate surface area is 228 Å². The zero-order valence-electron chi connectivity index (χ0n) is 21.3. The van der Waals surface area contributed by atoms with E-state index in [1.54, 1.807) is 0 Å². The van der Waals surface area contributed by atoms with Crippen molar-refractivity contribution in [2.45, 2.75) is 64.5 Å². The van der Waals surface area contributed by atoms with Crippen molar-refractivity contribution in [1.29, 1.82) is 0 Å². The normalized spacial score (nSPS) is 20.2. The molecule has 0 spiro atoms. The number of hydrogen-bond donors (Lipinski definition) is 3. The highest BCUT2D eigenvalue weighted by Gasteiger charge is 2.34. The SMILES string of the molecule is CC1CCCC(C)C1OC(=O)[C@H](Cc1ccccc1)NC(=O)c1cc(Cl)c(OCCCCN)c(Cl)c1O. The van der Waals surface area contributed by atoms with Gasteiger partial charge in [-0.3, -0.25) is 4.79 Å². The molecule has 9 heteroatoms. The molecule has 0 saturated heterocycles. The van der Waals surface area contributed by atoms with Crippen LogP contribution in [0.15, 0.2) is 36.4 Å². The minimum absolute atomic E-state index is 0.0766. The second-order valence-electron chi connectivity index (χ2n) is 9.74. The topological polar surface area (TPSA) is 111 Å². The standard InChI is InChI=1S/C28H36Cl2N2O5/c1-17-9-8-10-18(2)25(17)37-28(35)22(15-19-11-4-3-5-12-19)32-27(34)20-16-21(29)26(23(30)24(20)33)36-14-7-6-13-31/h3-5,11-12,16-18,22,25,33H,6-10,13-15,31H2,1-2H3,(H,32,34)/t17?,18?,22-,25?/m0/s1. The van der Waals surface area contributed by atoms with Gasteiger partial charge in [-0.15, -0.1) is 0 Å². The number of rotatable bonds is 11. The molecular weight excluding hydrogens is 515 g/mol. The first-order valence-corrected chi connectivity index (χ1v) is 13.6. The molecule has 0 aliphatic heterocycles. The second-order valence-corrected chi connectivity index (χ2v) is 10.5. The summed E-state index contributed by atoms with van der Waals surface area (Å²) in [6.45, 7) is 5.01. The average Bonchev–Trinajstić information content (AvgIpc) is 2.88. The third kappa shape index (κ3) is 7.76. The number of amides is 1. The molecule has 2 aromatic rings. The van der Waals surface area contributed by atoms with Crippen molar-refractivity contribution < 1.29 is 24.2 Å². The third-order valence-corrected chi connectivity index (χ3v) is 7.44. The number of nitrogens with two attached hydrogens (primary N) is 1. The van der Waals surface area contributed by atoms with E-state index in [0.29, 0.717) is 19.6 Å². The maximum atomic E-state index is 13.3. The molecule has 3 atom stereocenters. The van der Waals surface area contributed by atoms with Crippen molar-refractivity contribution in [1.82, 2.24) is 5.32 Å². The predicted molar refractivity (Wildman–Crippen MR) is 145 cm³/mol. The maximum absolute atomic E-state index is 13.3. The van der Waals surface area contributed by atoms with Gasteiger partial charge in [0.2, 0.25) is 0 Å². The molecule has 0 bridgehead atoms. The van der Waals surface area contributed by atoms with E-state index in [1.165, 1.54) is 6.07 Å². The number of phenolic OH excluding ortho intramolecular Hbond substituents is 1. The van der Waals surface area contributed by atoms with Gasteiger partial charge in [-0.25, -0.2) is 4.79 Å². The first-order chi connectivity index (χ1) is 17.7. The van der Waals surface area contributed by atoms with Crippen molar-refractivity contribution in [2.75, 3.05) is 13.2 Å². The van der Waals surface area contributed by atoms with Crippen LogP contribution in [0.2, 0.25) is 10.0 Å². The average molecular weight is 552 g/mol. The van der Waals surface area contributed by atoms with Crippen molar-refractivity contribution >= 4 is 35.1 Å². The van der Waals surface area contributed by atoms with Gasteiger partial charge in [-0.1, -0.05) is 73.8 Å². The molecule has 1 fully saturated rings.